The fraction of sp³-hybridized carbons (Fsp3) is 0.900. The van der Waals surface area contributed by atoms with E-state index < -0.39 is 10.8 Å². The summed E-state index contributed by atoms with van der Waals surface area (Å²) in [6, 6.07) is 0.180. The van der Waals surface area contributed by atoms with Crippen LogP contribution in [-0.4, -0.2) is 40.8 Å². The highest BCUT2D eigenvalue weighted by molar-refractivity contribution is 7.85. The van der Waals surface area contributed by atoms with Crippen molar-refractivity contribution in [1.82, 2.24) is 10.6 Å². The maximum Gasteiger partial charge on any atom is 0.232 e. The van der Waals surface area contributed by atoms with Crippen LogP contribution in [0.1, 0.15) is 20.3 Å². The van der Waals surface area contributed by atoms with Crippen LogP contribution < -0.4 is 10.6 Å². The molecule has 0 spiro atoms. The molecule has 2 N–H and O–H groups in total. The fourth-order valence-corrected chi connectivity index (χ4v) is 2.61. The average molecular weight is 232 g/mol. The Balaban J connectivity index is 2.15. The number of amides is 1. The first kappa shape index (κ1) is 12.6. The van der Waals surface area contributed by atoms with Crippen molar-refractivity contribution in [3.63, 3.8) is 0 Å². The second-order valence-corrected chi connectivity index (χ2v) is 5.65. The molecule has 0 aromatic rings. The smallest absolute Gasteiger partial charge is 0.232 e. The van der Waals surface area contributed by atoms with E-state index in [0.717, 1.165) is 19.5 Å². The molecule has 0 aromatic heterocycles. The highest BCUT2D eigenvalue weighted by Crippen LogP contribution is 2.04. The summed E-state index contributed by atoms with van der Waals surface area (Å²) in [4.78, 5) is 11.4. The van der Waals surface area contributed by atoms with E-state index >= 15 is 0 Å². The van der Waals surface area contributed by atoms with Crippen molar-refractivity contribution in [2.24, 2.45) is 5.92 Å². The Kier molecular flexibility index (Phi) is 5.25. The van der Waals surface area contributed by atoms with Crippen molar-refractivity contribution in [3.05, 3.63) is 0 Å². The predicted octanol–water partition coefficient (Wildman–Crippen LogP) is -0.131. The zero-order valence-corrected chi connectivity index (χ0v) is 10.2. The highest BCUT2D eigenvalue weighted by atomic mass is 32.2. The van der Waals surface area contributed by atoms with E-state index in [-0.39, 0.29) is 17.7 Å². The van der Waals surface area contributed by atoms with Crippen LogP contribution in [0.3, 0.4) is 0 Å². The minimum Gasteiger partial charge on any atom is -0.353 e. The minimum absolute atomic E-state index is 0.0880. The van der Waals surface area contributed by atoms with Crippen molar-refractivity contribution in [1.29, 1.82) is 0 Å². The molecule has 88 valence electrons. The number of carbonyl (C=O) groups is 1. The maximum absolute atomic E-state index is 11.5. The van der Waals surface area contributed by atoms with Crippen molar-refractivity contribution in [3.8, 4) is 0 Å². The quantitative estimate of drug-likeness (QED) is 0.671. The first-order valence-electron chi connectivity index (χ1n) is 5.46. The van der Waals surface area contributed by atoms with Gasteiger partial charge >= 0.3 is 0 Å². The normalized spacial score (nSPS) is 20.4. The van der Waals surface area contributed by atoms with E-state index in [1.807, 2.05) is 13.8 Å². The fourth-order valence-electron chi connectivity index (χ4n) is 1.35. The molecular formula is C10H20N2O2S. The molecule has 1 aliphatic heterocycles. The van der Waals surface area contributed by atoms with Gasteiger partial charge in [0, 0.05) is 35.7 Å². The SMILES string of the molecule is CCC(C)NC(=O)CS(=O)CC1CNC1. The minimum atomic E-state index is -0.999. The van der Waals surface area contributed by atoms with E-state index in [0.29, 0.717) is 11.7 Å². The van der Waals surface area contributed by atoms with Crippen molar-refractivity contribution in [2.75, 3.05) is 24.6 Å². The van der Waals surface area contributed by atoms with Gasteiger partial charge in [0.25, 0.3) is 0 Å². The topological polar surface area (TPSA) is 58.2 Å². The molecule has 4 nitrogen and oxygen atoms in total. The van der Waals surface area contributed by atoms with Gasteiger partial charge in [-0.2, -0.15) is 0 Å². The van der Waals surface area contributed by atoms with Gasteiger partial charge in [0.2, 0.25) is 5.91 Å². The average Bonchev–Trinajstić information content (AvgIpc) is 2.11. The monoisotopic (exact) mass is 232 g/mol. The van der Waals surface area contributed by atoms with E-state index in [1.54, 1.807) is 0 Å². The summed E-state index contributed by atoms with van der Waals surface area (Å²) >= 11 is 0. The second-order valence-electron chi connectivity index (χ2n) is 4.15. The summed E-state index contributed by atoms with van der Waals surface area (Å²) in [5.41, 5.74) is 0. The van der Waals surface area contributed by atoms with Gasteiger partial charge in [-0.15, -0.1) is 0 Å². The molecule has 1 saturated heterocycles. The van der Waals surface area contributed by atoms with Gasteiger partial charge < -0.3 is 10.6 Å². The van der Waals surface area contributed by atoms with Crippen LogP contribution in [0.5, 0.6) is 0 Å². The molecule has 1 fully saturated rings. The zero-order chi connectivity index (χ0) is 11.3. The van der Waals surface area contributed by atoms with Crippen LogP contribution in [0, 0.1) is 5.92 Å². The zero-order valence-electron chi connectivity index (χ0n) is 9.41. The van der Waals surface area contributed by atoms with Crippen LogP contribution in [-0.2, 0) is 15.6 Å². The summed E-state index contributed by atoms with van der Waals surface area (Å²) in [5, 5.41) is 5.95. The molecule has 2 atom stereocenters. The summed E-state index contributed by atoms with van der Waals surface area (Å²) in [7, 11) is -0.999. The molecule has 1 heterocycles. The predicted molar refractivity (Wildman–Crippen MR) is 62.1 cm³/mol. The number of hydrogen-bond acceptors (Lipinski definition) is 3. The molecule has 0 aromatic carbocycles. The highest BCUT2D eigenvalue weighted by Gasteiger charge is 2.20. The van der Waals surface area contributed by atoms with Crippen molar-refractivity contribution >= 4 is 16.7 Å². The van der Waals surface area contributed by atoms with E-state index in [2.05, 4.69) is 10.6 Å². The Morgan fingerprint density at radius 3 is 2.73 bits per heavy atom. The Morgan fingerprint density at radius 2 is 2.27 bits per heavy atom. The molecule has 0 radical (unpaired) electrons. The first-order chi connectivity index (χ1) is 7.11. The lowest BCUT2D eigenvalue weighted by Gasteiger charge is -2.26. The summed E-state index contributed by atoms with van der Waals surface area (Å²) in [5.74, 6) is 1.22. The summed E-state index contributed by atoms with van der Waals surface area (Å²) in [6.45, 7) is 5.86. The van der Waals surface area contributed by atoms with Gasteiger partial charge in [0.15, 0.2) is 0 Å². The molecule has 0 bridgehead atoms. The van der Waals surface area contributed by atoms with Gasteiger partial charge in [-0.3, -0.25) is 9.00 Å². The van der Waals surface area contributed by atoms with Crippen molar-refractivity contribution in [2.45, 2.75) is 26.3 Å². The lowest BCUT2D eigenvalue weighted by molar-refractivity contribution is -0.119. The number of carbonyl (C=O) groups excluding carboxylic acids is 1. The van der Waals surface area contributed by atoms with Crippen LogP contribution in [0.4, 0.5) is 0 Å². The van der Waals surface area contributed by atoms with Gasteiger partial charge in [0.05, 0.1) is 0 Å². The Morgan fingerprint density at radius 1 is 1.60 bits per heavy atom. The van der Waals surface area contributed by atoms with Gasteiger partial charge in [0.1, 0.15) is 5.75 Å². The lowest BCUT2D eigenvalue weighted by Crippen LogP contribution is -2.45. The Labute approximate surface area is 93.7 Å². The van der Waals surface area contributed by atoms with E-state index in [4.69, 9.17) is 0 Å². The molecule has 15 heavy (non-hydrogen) atoms. The second kappa shape index (κ2) is 6.23. The van der Waals surface area contributed by atoms with Gasteiger partial charge in [-0.1, -0.05) is 6.92 Å². The molecule has 1 rings (SSSR count). The van der Waals surface area contributed by atoms with Crippen LogP contribution in [0.15, 0.2) is 0 Å². The molecule has 0 saturated carbocycles. The lowest BCUT2D eigenvalue weighted by atomic mass is 10.1. The third-order valence-electron chi connectivity index (χ3n) is 2.60. The Bertz CT molecular complexity index is 225. The standard InChI is InChI=1S/C10H20N2O2S/c1-3-8(2)12-10(13)7-15(14)6-9-4-11-5-9/h8-9,11H,3-7H2,1-2H3,(H,12,13). The number of hydrogen-bond donors (Lipinski definition) is 2. The maximum atomic E-state index is 11.5. The molecule has 5 heteroatoms. The van der Waals surface area contributed by atoms with Crippen LogP contribution in [0.25, 0.3) is 0 Å². The van der Waals surface area contributed by atoms with E-state index in [1.165, 1.54) is 0 Å². The third-order valence-corrected chi connectivity index (χ3v) is 4.03. The largest absolute Gasteiger partial charge is 0.353 e. The summed E-state index contributed by atoms with van der Waals surface area (Å²) < 4.78 is 11.5. The van der Waals surface area contributed by atoms with Gasteiger partial charge in [-0.25, -0.2) is 0 Å². The third kappa shape index (κ3) is 4.75. The molecule has 1 amide bonds. The Hall–Kier alpha value is -0.420. The van der Waals surface area contributed by atoms with Crippen LogP contribution in [0.2, 0.25) is 0 Å². The molecule has 2 unspecified atom stereocenters. The molecule has 1 aliphatic rings. The summed E-state index contributed by atoms with van der Waals surface area (Å²) in [6.07, 6.45) is 0.908. The van der Waals surface area contributed by atoms with Crippen LogP contribution >= 0.6 is 0 Å². The number of rotatable bonds is 6. The molecular weight excluding hydrogens is 212 g/mol. The van der Waals surface area contributed by atoms with Crippen molar-refractivity contribution < 1.29 is 9.00 Å². The number of nitrogens with one attached hydrogen (secondary N) is 2. The van der Waals surface area contributed by atoms with Gasteiger partial charge in [-0.05, 0) is 19.3 Å². The van der Waals surface area contributed by atoms with E-state index in [9.17, 15) is 9.00 Å². The molecule has 0 aliphatic carbocycles. The first-order valence-corrected chi connectivity index (χ1v) is 6.95.